The minimum absolute atomic E-state index is 0.168. The number of hydrogen-bond donors (Lipinski definition) is 2. The summed E-state index contributed by atoms with van der Waals surface area (Å²) in [5.74, 6) is -0.0515. The molecule has 0 spiro atoms. The Morgan fingerprint density at radius 3 is 2.31 bits per heavy atom. The third kappa shape index (κ3) is 5.47. The van der Waals surface area contributed by atoms with E-state index in [9.17, 15) is 9.90 Å². The second-order valence-corrected chi connectivity index (χ2v) is 4.23. The van der Waals surface area contributed by atoms with Crippen LogP contribution in [0.3, 0.4) is 0 Å². The number of aliphatic hydroxyl groups is 1. The van der Waals surface area contributed by atoms with E-state index in [-0.39, 0.29) is 18.0 Å². The molecule has 96 valence electrons. The largest absolute Gasteiger partial charge is 0.469 e. The van der Waals surface area contributed by atoms with Crippen LogP contribution in [0.1, 0.15) is 33.6 Å². The van der Waals surface area contributed by atoms with Crippen LogP contribution in [0.2, 0.25) is 0 Å². The fourth-order valence-corrected chi connectivity index (χ4v) is 1.73. The molecule has 0 radical (unpaired) electrons. The van der Waals surface area contributed by atoms with Crippen molar-refractivity contribution < 1.29 is 14.6 Å². The summed E-state index contributed by atoms with van der Waals surface area (Å²) in [4.78, 5) is 11.1. The van der Waals surface area contributed by atoms with Crippen molar-refractivity contribution in [2.24, 2.45) is 11.8 Å². The minimum Gasteiger partial charge on any atom is -0.469 e. The first-order valence-electron chi connectivity index (χ1n) is 6.03. The number of aliphatic hydroxyl groups excluding tert-OH is 1. The third-order valence-electron chi connectivity index (χ3n) is 3.00. The molecule has 0 bridgehead atoms. The highest BCUT2D eigenvalue weighted by molar-refractivity contribution is 5.71. The molecule has 2 unspecified atom stereocenters. The van der Waals surface area contributed by atoms with E-state index in [1.807, 2.05) is 6.92 Å². The highest BCUT2D eigenvalue weighted by atomic mass is 16.5. The SMILES string of the molecule is CCC(CC)C(O)CNCC(C)C(=O)OC. The van der Waals surface area contributed by atoms with Gasteiger partial charge in [-0.3, -0.25) is 4.79 Å². The standard InChI is InChI=1S/C12H25NO3/c1-5-10(6-2)11(14)8-13-7-9(3)12(15)16-4/h9-11,13-14H,5-8H2,1-4H3. The first kappa shape index (κ1) is 15.4. The molecular weight excluding hydrogens is 206 g/mol. The van der Waals surface area contributed by atoms with Gasteiger partial charge in [0.05, 0.1) is 19.1 Å². The summed E-state index contributed by atoms with van der Waals surface area (Å²) in [7, 11) is 1.39. The molecule has 0 saturated carbocycles. The molecule has 4 nitrogen and oxygen atoms in total. The summed E-state index contributed by atoms with van der Waals surface area (Å²) in [6, 6.07) is 0. The van der Waals surface area contributed by atoms with Gasteiger partial charge in [-0.25, -0.2) is 0 Å². The number of ether oxygens (including phenoxy) is 1. The fourth-order valence-electron chi connectivity index (χ4n) is 1.73. The zero-order chi connectivity index (χ0) is 12.6. The van der Waals surface area contributed by atoms with Crippen LogP contribution in [0.15, 0.2) is 0 Å². The van der Waals surface area contributed by atoms with Gasteiger partial charge in [-0.2, -0.15) is 0 Å². The van der Waals surface area contributed by atoms with Gasteiger partial charge >= 0.3 is 5.97 Å². The van der Waals surface area contributed by atoms with Gasteiger partial charge in [-0.15, -0.1) is 0 Å². The lowest BCUT2D eigenvalue weighted by Crippen LogP contribution is -2.36. The maximum absolute atomic E-state index is 11.1. The lowest BCUT2D eigenvalue weighted by Gasteiger charge is -2.21. The Hall–Kier alpha value is -0.610. The van der Waals surface area contributed by atoms with Crippen LogP contribution in [0.25, 0.3) is 0 Å². The van der Waals surface area contributed by atoms with Crippen LogP contribution in [-0.4, -0.2) is 37.4 Å². The molecule has 0 saturated heterocycles. The Kier molecular flexibility index (Phi) is 8.21. The zero-order valence-electron chi connectivity index (χ0n) is 10.8. The van der Waals surface area contributed by atoms with Crippen LogP contribution >= 0.6 is 0 Å². The van der Waals surface area contributed by atoms with Crippen molar-refractivity contribution in [2.45, 2.75) is 39.7 Å². The van der Waals surface area contributed by atoms with Crippen molar-refractivity contribution in [2.75, 3.05) is 20.2 Å². The fraction of sp³-hybridized carbons (Fsp3) is 0.917. The molecule has 0 fully saturated rings. The first-order valence-corrected chi connectivity index (χ1v) is 6.03. The summed E-state index contributed by atoms with van der Waals surface area (Å²) >= 11 is 0. The molecule has 0 aromatic rings. The van der Waals surface area contributed by atoms with E-state index in [0.717, 1.165) is 12.8 Å². The lowest BCUT2D eigenvalue weighted by molar-refractivity contribution is -0.144. The molecule has 4 heteroatoms. The van der Waals surface area contributed by atoms with Gasteiger partial charge in [0.2, 0.25) is 0 Å². The summed E-state index contributed by atoms with van der Waals surface area (Å²) in [6.07, 6.45) is 1.62. The van der Waals surface area contributed by atoms with E-state index in [4.69, 9.17) is 0 Å². The predicted molar refractivity (Wildman–Crippen MR) is 64.1 cm³/mol. The molecule has 2 atom stereocenters. The van der Waals surface area contributed by atoms with Gasteiger partial charge in [0.25, 0.3) is 0 Å². The molecule has 0 aliphatic heterocycles. The van der Waals surface area contributed by atoms with Crippen LogP contribution in [-0.2, 0) is 9.53 Å². The van der Waals surface area contributed by atoms with Crippen LogP contribution in [0, 0.1) is 11.8 Å². The van der Waals surface area contributed by atoms with Crippen molar-refractivity contribution in [3.8, 4) is 0 Å². The maximum Gasteiger partial charge on any atom is 0.309 e. The summed E-state index contributed by atoms with van der Waals surface area (Å²) < 4.78 is 4.62. The van der Waals surface area contributed by atoms with E-state index >= 15 is 0 Å². The highest BCUT2D eigenvalue weighted by Crippen LogP contribution is 2.12. The van der Waals surface area contributed by atoms with E-state index in [2.05, 4.69) is 23.9 Å². The number of carbonyl (C=O) groups is 1. The summed E-state index contributed by atoms with van der Waals surface area (Å²) in [6.45, 7) is 7.04. The average Bonchev–Trinajstić information content (AvgIpc) is 2.29. The van der Waals surface area contributed by atoms with Gasteiger partial charge in [-0.05, 0) is 5.92 Å². The molecule has 2 N–H and O–H groups in total. The molecule has 0 aromatic carbocycles. The molecule has 0 aromatic heterocycles. The van der Waals surface area contributed by atoms with Gasteiger partial charge in [0.1, 0.15) is 0 Å². The molecule has 0 heterocycles. The van der Waals surface area contributed by atoms with E-state index in [1.54, 1.807) is 0 Å². The highest BCUT2D eigenvalue weighted by Gasteiger charge is 2.17. The summed E-state index contributed by atoms with van der Waals surface area (Å²) in [5, 5.41) is 12.9. The summed E-state index contributed by atoms with van der Waals surface area (Å²) in [5.41, 5.74) is 0. The van der Waals surface area contributed by atoms with Gasteiger partial charge < -0.3 is 15.2 Å². The lowest BCUT2D eigenvalue weighted by atomic mass is 9.96. The van der Waals surface area contributed by atoms with E-state index in [1.165, 1.54) is 7.11 Å². The van der Waals surface area contributed by atoms with Crippen molar-refractivity contribution in [1.29, 1.82) is 0 Å². The average molecular weight is 231 g/mol. The molecular formula is C12H25NO3. The monoisotopic (exact) mass is 231 g/mol. The Morgan fingerprint density at radius 1 is 1.31 bits per heavy atom. The van der Waals surface area contributed by atoms with Gasteiger partial charge in [-0.1, -0.05) is 33.6 Å². The Labute approximate surface area is 98.4 Å². The second kappa shape index (κ2) is 8.53. The number of nitrogens with one attached hydrogen (secondary N) is 1. The topological polar surface area (TPSA) is 58.6 Å². The molecule has 0 aliphatic carbocycles. The van der Waals surface area contributed by atoms with E-state index in [0.29, 0.717) is 19.0 Å². The molecule has 0 rings (SSSR count). The van der Waals surface area contributed by atoms with Crippen molar-refractivity contribution >= 4 is 5.97 Å². The Morgan fingerprint density at radius 2 is 1.88 bits per heavy atom. The predicted octanol–water partition coefficient (Wildman–Crippen LogP) is 1.18. The number of carbonyl (C=O) groups excluding carboxylic acids is 1. The number of esters is 1. The maximum atomic E-state index is 11.1. The van der Waals surface area contributed by atoms with E-state index < -0.39 is 0 Å². The quantitative estimate of drug-likeness (QED) is 0.616. The zero-order valence-corrected chi connectivity index (χ0v) is 10.8. The second-order valence-electron chi connectivity index (χ2n) is 4.23. The van der Waals surface area contributed by atoms with Crippen LogP contribution in [0.5, 0.6) is 0 Å². The number of hydrogen-bond acceptors (Lipinski definition) is 4. The van der Waals surface area contributed by atoms with Crippen LogP contribution < -0.4 is 5.32 Å². The first-order chi connectivity index (χ1) is 7.56. The van der Waals surface area contributed by atoms with Crippen molar-refractivity contribution in [3.63, 3.8) is 0 Å². The van der Waals surface area contributed by atoms with Crippen molar-refractivity contribution in [3.05, 3.63) is 0 Å². The Bertz CT molecular complexity index is 193. The molecule has 16 heavy (non-hydrogen) atoms. The van der Waals surface area contributed by atoms with Gasteiger partial charge in [0.15, 0.2) is 0 Å². The minimum atomic E-state index is -0.333. The molecule has 0 amide bonds. The van der Waals surface area contributed by atoms with Gasteiger partial charge in [0, 0.05) is 13.1 Å². The van der Waals surface area contributed by atoms with Crippen LogP contribution in [0.4, 0.5) is 0 Å². The molecule has 0 aliphatic rings. The smallest absolute Gasteiger partial charge is 0.309 e. The normalized spacial score (nSPS) is 14.9. The van der Waals surface area contributed by atoms with Crippen molar-refractivity contribution in [1.82, 2.24) is 5.32 Å². The number of methoxy groups -OCH3 is 1. The third-order valence-corrected chi connectivity index (χ3v) is 3.00. The number of rotatable bonds is 8. The Balaban J connectivity index is 3.76.